The van der Waals surface area contributed by atoms with Crippen LogP contribution < -0.4 is 15.0 Å². The Balaban J connectivity index is 1.52. The van der Waals surface area contributed by atoms with Crippen molar-refractivity contribution in [3.63, 3.8) is 0 Å². The average Bonchev–Trinajstić information content (AvgIpc) is 3.66. The van der Waals surface area contributed by atoms with E-state index in [1.54, 1.807) is 41.9 Å². The van der Waals surface area contributed by atoms with E-state index < -0.39 is 20.5 Å². The summed E-state index contributed by atoms with van der Waals surface area (Å²) in [5.74, 6) is 0.925. The third kappa shape index (κ3) is 4.32. The predicted molar refractivity (Wildman–Crippen MR) is 118 cm³/mol. The maximum atomic E-state index is 13.5. The van der Waals surface area contributed by atoms with Gasteiger partial charge >= 0.3 is 0 Å². The van der Waals surface area contributed by atoms with E-state index in [2.05, 4.69) is 4.90 Å². The number of rotatable bonds is 8. The van der Waals surface area contributed by atoms with E-state index in [4.69, 9.17) is 9.47 Å². The van der Waals surface area contributed by atoms with Crippen molar-refractivity contribution in [2.24, 2.45) is 0 Å². The van der Waals surface area contributed by atoms with Gasteiger partial charge in [0.05, 0.1) is 11.5 Å². The van der Waals surface area contributed by atoms with E-state index in [1.807, 2.05) is 6.92 Å². The quantitative estimate of drug-likeness (QED) is 0.460. The predicted octanol–water partition coefficient (Wildman–Crippen LogP) is 3.15. The molecule has 0 aromatic heterocycles. The SMILES string of the molecule is CCOc1ccc(Oc2ccc(S(=O)(=O)C3(C(=O)NO)CCN(C4CC4)CC3)cc2)cc1. The molecule has 172 valence electrons. The van der Waals surface area contributed by atoms with Crippen LogP contribution in [0, 0.1) is 0 Å². The van der Waals surface area contributed by atoms with Crippen LogP contribution in [0.25, 0.3) is 0 Å². The Morgan fingerprint density at radius 2 is 1.56 bits per heavy atom. The lowest BCUT2D eigenvalue weighted by Gasteiger charge is -2.39. The van der Waals surface area contributed by atoms with Crippen LogP contribution in [0.3, 0.4) is 0 Å². The van der Waals surface area contributed by atoms with Crippen molar-refractivity contribution in [3.8, 4) is 17.2 Å². The van der Waals surface area contributed by atoms with Crippen LogP contribution in [0.5, 0.6) is 17.2 Å². The first-order valence-electron chi connectivity index (χ1n) is 10.8. The molecule has 1 saturated heterocycles. The van der Waals surface area contributed by atoms with Gasteiger partial charge in [-0.3, -0.25) is 10.0 Å². The lowest BCUT2D eigenvalue weighted by Crippen LogP contribution is -2.58. The number of nitrogens with zero attached hydrogens (tertiary/aromatic N) is 1. The van der Waals surface area contributed by atoms with Crippen molar-refractivity contribution in [2.75, 3.05) is 19.7 Å². The zero-order valence-corrected chi connectivity index (χ0v) is 18.8. The minimum absolute atomic E-state index is 0.0278. The highest BCUT2D eigenvalue weighted by Gasteiger charge is 2.53. The first-order valence-corrected chi connectivity index (χ1v) is 12.3. The number of sulfone groups is 1. The lowest BCUT2D eigenvalue weighted by molar-refractivity contribution is -0.133. The Hall–Kier alpha value is -2.62. The van der Waals surface area contributed by atoms with E-state index in [0.29, 0.717) is 37.2 Å². The maximum Gasteiger partial charge on any atom is 0.265 e. The van der Waals surface area contributed by atoms with Crippen molar-refractivity contribution in [2.45, 2.75) is 48.3 Å². The molecule has 0 spiro atoms. The van der Waals surface area contributed by atoms with Crippen molar-refractivity contribution < 1.29 is 27.9 Å². The Morgan fingerprint density at radius 3 is 2.06 bits per heavy atom. The van der Waals surface area contributed by atoms with Gasteiger partial charge in [0.25, 0.3) is 5.91 Å². The summed E-state index contributed by atoms with van der Waals surface area (Å²) in [7, 11) is -4.04. The molecule has 1 aliphatic carbocycles. The van der Waals surface area contributed by atoms with Crippen molar-refractivity contribution in [3.05, 3.63) is 48.5 Å². The molecule has 32 heavy (non-hydrogen) atoms. The summed E-state index contributed by atoms with van der Waals surface area (Å²) in [6.07, 6.45) is 2.51. The van der Waals surface area contributed by atoms with Gasteiger partial charge in [0.2, 0.25) is 0 Å². The van der Waals surface area contributed by atoms with Gasteiger partial charge in [-0.25, -0.2) is 13.9 Å². The largest absolute Gasteiger partial charge is 0.494 e. The highest BCUT2D eigenvalue weighted by molar-refractivity contribution is 7.93. The van der Waals surface area contributed by atoms with Crippen LogP contribution >= 0.6 is 0 Å². The number of piperidine rings is 1. The summed E-state index contributed by atoms with van der Waals surface area (Å²) in [6, 6.07) is 13.6. The number of amides is 1. The van der Waals surface area contributed by atoms with Gasteiger partial charge in [-0.05, 0) is 81.1 Å². The fraction of sp³-hybridized carbons (Fsp3) is 0.435. The van der Waals surface area contributed by atoms with Crippen molar-refractivity contribution >= 4 is 15.7 Å². The minimum Gasteiger partial charge on any atom is -0.494 e. The molecule has 8 nitrogen and oxygen atoms in total. The Labute approximate surface area is 188 Å². The molecule has 0 unspecified atom stereocenters. The topological polar surface area (TPSA) is 105 Å². The van der Waals surface area contributed by atoms with Crippen LogP contribution in [0.4, 0.5) is 0 Å². The first kappa shape index (κ1) is 22.6. The van der Waals surface area contributed by atoms with Gasteiger partial charge < -0.3 is 14.4 Å². The molecule has 2 aromatic carbocycles. The number of nitrogens with one attached hydrogen (secondary N) is 1. The second kappa shape index (κ2) is 9.09. The summed E-state index contributed by atoms with van der Waals surface area (Å²) in [4.78, 5) is 14.8. The number of hydroxylamine groups is 1. The smallest absolute Gasteiger partial charge is 0.265 e. The number of hydrogen-bond acceptors (Lipinski definition) is 7. The number of carbonyl (C=O) groups excluding carboxylic acids is 1. The normalized spacial score (nSPS) is 18.7. The van der Waals surface area contributed by atoms with Gasteiger partial charge in [-0.1, -0.05) is 0 Å². The summed E-state index contributed by atoms with van der Waals surface area (Å²) < 4.78 is 36.6. The van der Waals surface area contributed by atoms with Crippen LogP contribution in [0.15, 0.2) is 53.4 Å². The number of hydrogen-bond donors (Lipinski definition) is 2. The molecular formula is C23H28N2O6S. The van der Waals surface area contributed by atoms with Crippen molar-refractivity contribution in [1.82, 2.24) is 10.4 Å². The Kier molecular flexibility index (Phi) is 6.41. The Bertz CT molecular complexity index is 1040. The van der Waals surface area contributed by atoms with Crippen LogP contribution in [0.1, 0.15) is 32.6 Å². The second-order valence-electron chi connectivity index (χ2n) is 8.18. The average molecular weight is 461 g/mol. The minimum atomic E-state index is -4.04. The van der Waals surface area contributed by atoms with E-state index in [1.165, 1.54) is 12.1 Å². The number of ether oxygens (including phenoxy) is 2. The van der Waals surface area contributed by atoms with Gasteiger partial charge in [-0.2, -0.15) is 0 Å². The molecule has 9 heteroatoms. The molecule has 0 radical (unpaired) electrons. The summed E-state index contributed by atoms with van der Waals surface area (Å²) in [5, 5.41) is 9.30. The molecule has 2 N–H and O–H groups in total. The number of likely N-dealkylation sites (tertiary alicyclic amines) is 1. The fourth-order valence-electron chi connectivity index (χ4n) is 4.23. The highest BCUT2D eigenvalue weighted by Crippen LogP contribution is 2.39. The third-order valence-electron chi connectivity index (χ3n) is 6.20. The number of carbonyl (C=O) groups is 1. The molecule has 0 bridgehead atoms. The zero-order valence-electron chi connectivity index (χ0n) is 18.0. The van der Waals surface area contributed by atoms with E-state index in [9.17, 15) is 18.4 Å². The monoisotopic (exact) mass is 460 g/mol. The third-order valence-corrected chi connectivity index (χ3v) is 8.72. The molecule has 1 saturated carbocycles. The molecule has 4 rings (SSSR count). The molecule has 2 fully saturated rings. The molecule has 0 atom stereocenters. The second-order valence-corrected chi connectivity index (χ2v) is 10.4. The molecule has 2 aliphatic rings. The number of benzene rings is 2. The first-order chi connectivity index (χ1) is 15.4. The molecule has 1 amide bonds. The summed E-state index contributed by atoms with van der Waals surface area (Å²) in [5.41, 5.74) is 1.60. The van der Waals surface area contributed by atoms with Crippen LogP contribution in [0.2, 0.25) is 0 Å². The van der Waals surface area contributed by atoms with Gasteiger partial charge in [-0.15, -0.1) is 0 Å². The van der Waals surface area contributed by atoms with E-state index >= 15 is 0 Å². The van der Waals surface area contributed by atoms with Gasteiger partial charge in [0, 0.05) is 19.1 Å². The highest BCUT2D eigenvalue weighted by atomic mass is 32.2. The Morgan fingerprint density at radius 1 is 1.03 bits per heavy atom. The lowest BCUT2D eigenvalue weighted by atomic mass is 9.94. The van der Waals surface area contributed by atoms with Gasteiger partial charge in [0.1, 0.15) is 17.2 Å². The molecule has 1 heterocycles. The van der Waals surface area contributed by atoms with Gasteiger partial charge in [0.15, 0.2) is 14.6 Å². The molecule has 1 aliphatic heterocycles. The van der Waals surface area contributed by atoms with E-state index in [-0.39, 0.29) is 17.7 Å². The van der Waals surface area contributed by atoms with Crippen molar-refractivity contribution in [1.29, 1.82) is 0 Å². The molecule has 2 aromatic rings. The van der Waals surface area contributed by atoms with Crippen LogP contribution in [-0.2, 0) is 14.6 Å². The zero-order chi connectivity index (χ0) is 22.8. The maximum absolute atomic E-state index is 13.5. The summed E-state index contributed by atoms with van der Waals surface area (Å²) in [6.45, 7) is 3.50. The van der Waals surface area contributed by atoms with Crippen LogP contribution in [-0.4, -0.2) is 54.9 Å². The standard InChI is InChI=1S/C23H28N2O6S/c1-2-30-18-5-7-19(8-6-18)31-20-9-11-21(12-10-20)32(28,29)23(22(26)24-27)13-15-25(16-14-23)17-3-4-17/h5-12,17,27H,2-4,13-16H2,1H3,(H,24,26). The fourth-order valence-corrected chi connectivity index (χ4v) is 6.18. The van der Waals surface area contributed by atoms with E-state index in [0.717, 1.165) is 18.6 Å². The summed E-state index contributed by atoms with van der Waals surface area (Å²) >= 11 is 0. The molecular weight excluding hydrogens is 432 g/mol.